The Morgan fingerprint density at radius 3 is 2.68 bits per heavy atom. The molecule has 0 spiro atoms. The number of aliphatic hydroxyl groups excluding tert-OH is 1. The van der Waals surface area contributed by atoms with Crippen LogP contribution < -0.4 is 0 Å². The minimum absolute atomic E-state index is 0.156. The van der Waals surface area contributed by atoms with Crippen LogP contribution in [-0.2, 0) is 4.74 Å². The number of aliphatic hydroxyl groups is 1. The number of allylic oxidation sites excluding steroid dienone is 1. The third-order valence-corrected chi connectivity index (χ3v) is 10.4. The summed E-state index contributed by atoms with van der Waals surface area (Å²) in [6.45, 7) is 4.60. The van der Waals surface area contributed by atoms with Gasteiger partial charge in [-0.1, -0.05) is 18.6 Å². The van der Waals surface area contributed by atoms with Crippen LogP contribution in [0.3, 0.4) is 0 Å². The Labute approximate surface area is 158 Å². The van der Waals surface area contributed by atoms with Crippen molar-refractivity contribution < 1.29 is 9.84 Å². The minimum atomic E-state index is -0.156. The van der Waals surface area contributed by atoms with Crippen molar-refractivity contribution in [1.29, 1.82) is 0 Å². The minimum Gasteiger partial charge on any atom is -0.393 e. The first-order valence-corrected chi connectivity index (χ1v) is 11.6. The van der Waals surface area contributed by atoms with Gasteiger partial charge in [-0.3, -0.25) is 0 Å². The maximum atomic E-state index is 10.4. The van der Waals surface area contributed by atoms with Crippen molar-refractivity contribution in [3.8, 4) is 0 Å². The Hall–Kier alpha value is 0.01000. The summed E-state index contributed by atoms with van der Waals surface area (Å²) < 4.78 is 6.03. The van der Waals surface area contributed by atoms with Gasteiger partial charge in [0.05, 0.1) is 12.2 Å². The number of thioether (sulfide) groups is 1. The number of hydrogen-bond donors (Lipinski definition) is 1. The van der Waals surface area contributed by atoms with E-state index in [2.05, 4.69) is 31.0 Å². The van der Waals surface area contributed by atoms with Gasteiger partial charge in [0.15, 0.2) is 0 Å². The fourth-order valence-corrected chi connectivity index (χ4v) is 9.08. The average Bonchev–Trinajstić information content (AvgIpc) is 3.01. The molecule has 4 aliphatic carbocycles. The van der Waals surface area contributed by atoms with Crippen LogP contribution in [0.5, 0.6) is 0 Å². The van der Waals surface area contributed by atoms with E-state index < -0.39 is 0 Å². The second-order valence-electron chi connectivity index (χ2n) is 9.48. The highest BCUT2D eigenvalue weighted by Crippen LogP contribution is 2.66. The van der Waals surface area contributed by atoms with Gasteiger partial charge in [0.1, 0.15) is 0 Å². The third kappa shape index (κ3) is 2.59. The number of methoxy groups -OCH3 is 1. The molecule has 1 N–H and O–H groups in total. The molecule has 3 fully saturated rings. The number of rotatable bonds is 3. The van der Waals surface area contributed by atoms with Crippen LogP contribution in [0, 0.1) is 29.1 Å². The molecule has 0 aliphatic heterocycles. The first-order chi connectivity index (χ1) is 12.0. The van der Waals surface area contributed by atoms with Crippen LogP contribution in [-0.4, -0.2) is 35.4 Å². The van der Waals surface area contributed by atoms with E-state index in [-0.39, 0.29) is 6.10 Å². The molecule has 25 heavy (non-hydrogen) atoms. The zero-order valence-corrected chi connectivity index (χ0v) is 17.3. The van der Waals surface area contributed by atoms with E-state index >= 15 is 0 Å². The Bertz CT molecular complexity index is 544. The van der Waals surface area contributed by atoms with Gasteiger partial charge >= 0.3 is 0 Å². The summed E-state index contributed by atoms with van der Waals surface area (Å²) in [6.07, 6.45) is 15.4. The van der Waals surface area contributed by atoms with Crippen LogP contribution >= 0.6 is 11.8 Å². The monoisotopic (exact) mass is 364 g/mol. The lowest BCUT2D eigenvalue weighted by molar-refractivity contribution is -0.0186. The summed E-state index contributed by atoms with van der Waals surface area (Å²) in [5, 5.41) is 10.4. The summed E-state index contributed by atoms with van der Waals surface area (Å²) in [6, 6.07) is 0. The van der Waals surface area contributed by atoms with Crippen LogP contribution in [0.25, 0.3) is 0 Å². The van der Waals surface area contributed by atoms with E-state index in [0.717, 1.165) is 24.2 Å². The fraction of sp³-hybridized carbons (Fsp3) is 0.909. The molecule has 8 atom stereocenters. The van der Waals surface area contributed by atoms with E-state index in [9.17, 15) is 5.11 Å². The molecule has 0 radical (unpaired) electrons. The van der Waals surface area contributed by atoms with Crippen molar-refractivity contribution in [2.45, 2.75) is 82.2 Å². The molecule has 3 saturated carbocycles. The molecule has 8 unspecified atom stereocenters. The highest BCUT2D eigenvalue weighted by atomic mass is 32.2. The summed E-state index contributed by atoms with van der Waals surface area (Å²) in [4.78, 5) is 0. The standard InChI is InChI=1S/C22H36O2S/c1-14(23)18-7-8-20-17-6-5-15-13-16(24-3)9-11-21(15,2)19(17)10-12-22(18,20)25-4/h5,14,16-20,23H,6-13H2,1-4H3. The molecule has 0 aromatic carbocycles. The normalized spacial score (nSPS) is 50.4. The van der Waals surface area contributed by atoms with Crippen LogP contribution in [0.2, 0.25) is 0 Å². The summed E-state index contributed by atoms with van der Waals surface area (Å²) in [5.74, 6) is 2.98. The molecule has 2 nitrogen and oxygen atoms in total. The lowest BCUT2D eigenvalue weighted by Gasteiger charge is -2.58. The van der Waals surface area contributed by atoms with Crippen molar-refractivity contribution in [3.05, 3.63) is 11.6 Å². The van der Waals surface area contributed by atoms with Crippen LogP contribution in [0.4, 0.5) is 0 Å². The third-order valence-electron chi connectivity index (χ3n) is 8.84. The second-order valence-corrected chi connectivity index (χ2v) is 10.7. The maximum absolute atomic E-state index is 10.4. The summed E-state index contributed by atoms with van der Waals surface area (Å²) in [7, 11) is 1.88. The predicted octanol–water partition coefficient (Wildman–Crippen LogP) is 5.06. The van der Waals surface area contributed by atoms with E-state index in [1.54, 1.807) is 5.57 Å². The summed E-state index contributed by atoms with van der Waals surface area (Å²) in [5.41, 5.74) is 2.11. The quantitative estimate of drug-likeness (QED) is 0.710. The molecule has 142 valence electrons. The van der Waals surface area contributed by atoms with Gasteiger partial charge in [-0.05, 0) is 93.6 Å². The van der Waals surface area contributed by atoms with Crippen molar-refractivity contribution >= 4 is 11.8 Å². The zero-order valence-electron chi connectivity index (χ0n) is 16.5. The molecule has 0 aromatic heterocycles. The molecule has 0 heterocycles. The first kappa shape index (κ1) is 18.4. The molecule has 0 amide bonds. The van der Waals surface area contributed by atoms with E-state index in [4.69, 9.17) is 4.74 Å². The Morgan fingerprint density at radius 2 is 2.00 bits per heavy atom. The predicted molar refractivity (Wildman–Crippen MR) is 106 cm³/mol. The average molecular weight is 365 g/mol. The van der Waals surface area contributed by atoms with Gasteiger partial charge in [0, 0.05) is 11.9 Å². The molecule has 4 aliphatic rings. The highest BCUT2D eigenvalue weighted by Gasteiger charge is 2.60. The number of hydrogen-bond acceptors (Lipinski definition) is 3. The largest absolute Gasteiger partial charge is 0.393 e. The number of fused-ring (bicyclic) bond motifs is 5. The molecule has 3 heteroatoms. The molecule has 0 bridgehead atoms. The van der Waals surface area contributed by atoms with Gasteiger partial charge in [0.25, 0.3) is 0 Å². The SMILES string of the molecule is COC1CCC2(C)C(=CCC3C2CCC2(SC)C(C(C)O)CCC32)C1. The Balaban J connectivity index is 1.64. The highest BCUT2D eigenvalue weighted by molar-refractivity contribution is 8.00. The maximum Gasteiger partial charge on any atom is 0.0608 e. The van der Waals surface area contributed by atoms with Crippen molar-refractivity contribution in [2.24, 2.45) is 29.1 Å². The van der Waals surface area contributed by atoms with Crippen molar-refractivity contribution in [2.75, 3.05) is 13.4 Å². The number of ether oxygens (including phenoxy) is 1. The first-order valence-electron chi connectivity index (χ1n) is 10.4. The van der Waals surface area contributed by atoms with Crippen molar-refractivity contribution in [3.63, 3.8) is 0 Å². The molecule has 4 rings (SSSR count). The van der Waals surface area contributed by atoms with Gasteiger partial charge < -0.3 is 9.84 Å². The van der Waals surface area contributed by atoms with Gasteiger partial charge in [-0.25, -0.2) is 0 Å². The van der Waals surface area contributed by atoms with Gasteiger partial charge in [0.2, 0.25) is 0 Å². The lowest BCUT2D eigenvalue weighted by Crippen LogP contribution is -2.54. The van der Waals surface area contributed by atoms with Crippen LogP contribution in [0.15, 0.2) is 11.6 Å². The molecular weight excluding hydrogens is 328 g/mol. The second kappa shape index (κ2) is 6.56. The topological polar surface area (TPSA) is 29.5 Å². The molecular formula is C22H36O2S. The smallest absolute Gasteiger partial charge is 0.0608 e. The Morgan fingerprint density at radius 1 is 1.20 bits per heavy atom. The Kier molecular flexibility index (Phi) is 4.82. The molecule has 0 saturated heterocycles. The van der Waals surface area contributed by atoms with Gasteiger partial charge in [-0.2, -0.15) is 11.8 Å². The van der Waals surface area contributed by atoms with E-state index in [0.29, 0.717) is 22.2 Å². The van der Waals surface area contributed by atoms with Crippen molar-refractivity contribution in [1.82, 2.24) is 0 Å². The zero-order chi connectivity index (χ0) is 17.8. The summed E-state index contributed by atoms with van der Waals surface area (Å²) >= 11 is 2.09. The van der Waals surface area contributed by atoms with Gasteiger partial charge in [-0.15, -0.1) is 0 Å². The van der Waals surface area contributed by atoms with E-state index in [1.807, 2.05) is 14.0 Å². The lowest BCUT2D eigenvalue weighted by atomic mass is 9.50. The fourth-order valence-electron chi connectivity index (χ4n) is 7.54. The van der Waals surface area contributed by atoms with Crippen LogP contribution in [0.1, 0.15) is 65.2 Å². The molecule has 0 aromatic rings. The van der Waals surface area contributed by atoms with E-state index in [1.165, 1.54) is 44.9 Å².